The number of aromatic hydroxyl groups is 1. The highest BCUT2D eigenvalue weighted by Crippen LogP contribution is 2.19. The molecule has 0 radical (unpaired) electrons. The predicted octanol–water partition coefficient (Wildman–Crippen LogP) is 3.08. The highest BCUT2D eigenvalue weighted by Gasteiger charge is 2.10. The van der Waals surface area contributed by atoms with Gasteiger partial charge < -0.3 is 10.4 Å². The number of carbonyl (C=O) groups excluding carboxylic acids is 2. The van der Waals surface area contributed by atoms with Crippen molar-refractivity contribution in [1.29, 1.82) is 0 Å². The molecule has 0 aliphatic heterocycles. The van der Waals surface area contributed by atoms with E-state index in [9.17, 15) is 14.7 Å². The van der Waals surface area contributed by atoms with Gasteiger partial charge in [0.2, 0.25) is 0 Å². The summed E-state index contributed by atoms with van der Waals surface area (Å²) in [5.41, 5.74) is 3.14. The Morgan fingerprint density at radius 1 is 1.07 bits per heavy atom. The number of nitrogens with zero attached hydrogens (tertiary/aromatic N) is 1. The fourth-order valence-corrected chi connectivity index (χ4v) is 2.70. The molecule has 3 aromatic rings. The second kappa shape index (κ2) is 8.33. The van der Waals surface area contributed by atoms with Gasteiger partial charge in [-0.25, -0.2) is 5.43 Å². The first-order valence-corrected chi connectivity index (χ1v) is 8.49. The van der Waals surface area contributed by atoms with Crippen LogP contribution in [0.25, 0.3) is 10.8 Å². The van der Waals surface area contributed by atoms with E-state index in [-0.39, 0.29) is 18.2 Å². The molecule has 0 heterocycles. The smallest absolute Gasteiger partial charge is 0.259 e. The summed E-state index contributed by atoms with van der Waals surface area (Å²) in [6, 6.07) is 17.4. The van der Waals surface area contributed by atoms with Crippen molar-refractivity contribution in [3.8, 4) is 5.75 Å². The van der Waals surface area contributed by atoms with Crippen LogP contribution in [0.15, 0.2) is 65.8 Å². The lowest BCUT2D eigenvalue weighted by atomic mass is 10.0. The van der Waals surface area contributed by atoms with Crippen molar-refractivity contribution in [3.63, 3.8) is 0 Å². The number of halogens is 1. The third-order valence-corrected chi connectivity index (χ3v) is 4.06. The van der Waals surface area contributed by atoms with Gasteiger partial charge in [0.15, 0.2) is 0 Å². The highest BCUT2D eigenvalue weighted by atomic mass is 35.5. The van der Waals surface area contributed by atoms with Gasteiger partial charge in [0.1, 0.15) is 5.75 Å². The van der Waals surface area contributed by atoms with Gasteiger partial charge in [-0.15, -0.1) is 0 Å². The maximum absolute atomic E-state index is 12.4. The average molecular weight is 382 g/mol. The second-order valence-electron chi connectivity index (χ2n) is 5.71. The Morgan fingerprint density at radius 2 is 1.85 bits per heavy atom. The standard InChI is InChI=1S/C20H16ClN3O3/c21-15-8-9-18(25)14(10-15)11-23-24-19(26)12-22-20(27)17-7-3-5-13-4-1-2-6-16(13)17/h1-11,25H,12H2,(H,22,27)(H,24,26)/b23-11+. The minimum absolute atomic E-state index is 0.0124. The number of fused-ring (bicyclic) bond motifs is 1. The van der Waals surface area contributed by atoms with Gasteiger partial charge in [0.25, 0.3) is 11.8 Å². The number of hydrogen-bond donors (Lipinski definition) is 3. The zero-order valence-corrected chi connectivity index (χ0v) is 14.9. The summed E-state index contributed by atoms with van der Waals surface area (Å²) in [6.07, 6.45) is 1.27. The van der Waals surface area contributed by atoms with Crippen LogP contribution < -0.4 is 10.7 Å². The summed E-state index contributed by atoms with van der Waals surface area (Å²) in [5, 5.41) is 18.2. The van der Waals surface area contributed by atoms with E-state index in [0.29, 0.717) is 16.1 Å². The second-order valence-corrected chi connectivity index (χ2v) is 6.14. The number of rotatable bonds is 5. The van der Waals surface area contributed by atoms with E-state index in [1.54, 1.807) is 12.1 Å². The number of benzene rings is 3. The zero-order chi connectivity index (χ0) is 19.2. The first-order chi connectivity index (χ1) is 13.0. The fourth-order valence-electron chi connectivity index (χ4n) is 2.52. The lowest BCUT2D eigenvalue weighted by molar-refractivity contribution is -0.120. The molecule has 3 rings (SSSR count). The van der Waals surface area contributed by atoms with Crippen LogP contribution in [0.2, 0.25) is 5.02 Å². The van der Waals surface area contributed by atoms with E-state index in [2.05, 4.69) is 15.8 Å². The van der Waals surface area contributed by atoms with Crippen LogP contribution in [0, 0.1) is 0 Å². The number of carbonyl (C=O) groups is 2. The van der Waals surface area contributed by atoms with Gasteiger partial charge in [-0.1, -0.05) is 48.0 Å². The third kappa shape index (κ3) is 4.62. The van der Waals surface area contributed by atoms with Crippen molar-refractivity contribution in [3.05, 3.63) is 76.8 Å². The molecule has 0 saturated carbocycles. The number of phenolic OH excluding ortho intramolecular Hbond substituents is 1. The van der Waals surface area contributed by atoms with E-state index in [4.69, 9.17) is 11.6 Å². The van der Waals surface area contributed by atoms with E-state index in [1.807, 2.05) is 30.3 Å². The molecular weight excluding hydrogens is 366 g/mol. The van der Waals surface area contributed by atoms with Gasteiger partial charge in [-0.2, -0.15) is 5.10 Å². The van der Waals surface area contributed by atoms with Crippen LogP contribution in [0.1, 0.15) is 15.9 Å². The Kier molecular flexibility index (Phi) is 5.68. The SMILES string of the molecule is O=C(CNC(=O)c1cccc2ccccc12)N/N=C/c1cc(Cl)ccc1O. The van der Waals surface area contributed by atoms with Crippen molar-refractivity contribution in [2.24, 2.45) is 5.10 Å². The summed E-state index contributed by atoms with van der Waals surface area (Å²) in [6.45, 7) is -0.235. The Labute approximate surface area is 160 Å². The largest absolute Gasteiger partial charge is 0.507 e. The number of amides is 2. The molecule has 0 aromatic heterocycles. The summed E-state index contributed by atoms with van der Waals surface area (Å²) >= 11 is 5.83. The Hall–Kier alpha value is -3.38. The molecule has 0 fully saturated rings. The summed E-state index contributed by atoms with van der Waals surface area (Å²) in [7, 11) is 0. The summed E-state index contributed by atoms with van der Waals surface area (Å²) < 4.78 is 0. The van der Waals surface area contributed by atoms with E-state index >= 15 is 0 Å². The molecule has 3 N–H and O–H groups in total. The van der Waals surface area contributed by atoms with Gasteiger partial charge in [0, 0.05) is 16.1 Å². The maximum Gasteiger partial charge on any atom is 0.259 e. The molecule has 0 unspecified atom stereocenters. The first kappa shape index (κ1) is 18.4. The van der Waals surface area contributed by atoms with Gasteiger partial charge >= 0.3 is 0 Å². The minimum atomic E-state index is -0.499. The van der Waals surface area contributed by atoms with Crippen molar-refractivity contribution < 1.29 is 14.7 Å². The molecule has 3 aromatic carbocycles. The van der Waals surface area contributed by atoms with Crippen molar-refractivity contribution >= 4 is 40.4 Å². The van der Waals surface area contributed by atoms with Gasteiger partial charge in [-0.3, -0.25) is 9.59 Å². The normalized spacial score (nSPS) is 10.9. The molecule has 2 amide bonds. The van der Waals surface area contributed by atoms with Crippen LogP contribution in [-0.2, 0) is 4.79 Å². The number of hydrogen-bond acceptors (Lipinski definition) is 4. The molecule has 0 saturated heterocycles. The topological polar surface area (TPSA) is 90.8 Å². The van der Waals surface area contributed by atoms with Crippen LogP contribution in [0.5, 0.6) is 5.75 Å². The van der Waals surface area contributed by atoms with Crippen molar-refractivity contribution in [2.45, 2.75) is 0 Å². The number of hydrazone groups is 1. The lowest BCUT2D eigenvalue weighted by Crippen LogP contribution is -2.35. The summed E-state index contributed by atoms with van der Waals surface area (Å²) in [5.74, 6) is -0.860. The molecule has 7 heteroatoms. The van der Waals surface area contributed by atoms with Crippen molar-refractivity contribution in [2.75, 3.05) is 6.54 Å². The van der Waals surface area contributed by atoms with Crippen LogP contribution in [0.3, 0.4) is 0 Å². The van der Waals surface area contributed by atoms with E-state index in [1.165, 1.54) is 24.4 Å². The Balaban J connectivity index is 1.58. The molecule has 136 valence electrons. The van der Waals surface area contributed by atoms with Crippen LogP contribution in [0.4, 0.5) is 0 Å². The number of phenols is 1. The highest BCUT2D eigenvalue weighted by molar-refractivity contribution is 6.30. The van der Waals surface area contributed by atoms with Gasteiger partial charge in [-0.05, 0) is 35.0 Å². The van der Waals surface area contributed by atoms with E-state index < -0.39 is 5.91 Å². The van der Waals surface area contributed by atoms with Gasteiger partial charge in [0.05, 0.1) is 12.8 Å². The molecule has 0 atom stereocenters. The fraction of sp³-hybridized carbons (Fsp3) is 0.0500. The van der Waals surface area contributed by atoms with E-state index in [0.717, 1.165) is 10.8 Å². The third-order valence-electron chi connectivity index (χ3n) is 3.83. The quantitative estimate of drug-likeness (QED) is 0.468. The Bertz CT molecular complexity index is 1030. The predicted molar refractivity (Wildman–Crippen MR) is 105 cm³/mol. The van der Waals surface area contributed by atoms with Crippen LogP contribution >= 0.6 is 11.6 Å². The maximum atomic E-state index is 12.4. The van der Waals surface area contributed by atoms with Crippen LogP contribution in [-0.4, -0.2) is 29.7 Å². The lowest BCUT2D eigenvalue weighted by Gasteiger charge is -2.07. The molecule has 0 spiro atoms. The van der Waals surface area contributed by atoms with Crippen molar-refractivity contribution in [1.82, 2.24) is 10.7 Å². The molecule has 6 nitrogen and oxygen atoms in total. The summed E-state index contributed by atoms with van der Waals surface area (Å²) in [4.78, 5) is 24.2. The number of nitrogens with one attached hydrogen (secondary N) is 2. The monoisotopic (exact) mass is 381 g/mol. The molecule has 0 aliphatic carbocycles. The molecule has 0 bridgehead atoms. The zero-order valence-electron chi connectivity index (χ0n) is 14.1. The molecule has 27 heavy (non-hydrogen) atoms. The first-order valence-electron chi connectivity index (χ1n) is 8.11. The molecule has 0 aliphatic rings. The minimum Gasteiger partial charge on any atom is -0.507 e. The average Bonchev–Trinajstić information content (AvgIpc) is 2.68. The molecular formula is C20H16ClN3O3. The Morgan fingerprint density at radius 3 is 2.70 bits per heavy atom.